The molecule has 90 valence electrons. The van der Waals surface area contributed by atoms with Crippen molar-refractivity contribution in [2.24, 2.45) is 0 Å². The normalized spacial score (nSPS) is 24.4. The summed E-state index contributed by atoms with van der Waals surface area (Å²) in [5.41, 5.74) is 1.29. The SMILES string of the molecule is COc1ccc2[nH]c(C3(C)CCCO3)nc2n1. The lowest BCUT2D eigenvalue weighted by atomic mass is 10.0. The van der Waals surface area contributed by atoms with Crippen molar-refractivity contribution < 1.29 is 9.47 Å². The van der Waals surface area contributed by atoms with E-state index >= 15 is 0 Å². The van der Waals surface area contributed by atoms with Gasteiger partial charge in [0, 0.05) is 12.7 Å². The summed E-state index contributed by atoms with van der Waals surface area (Å²) in [6.45, 7) is 2.86. The van der Waals surface area contributed by atoms with E-state index in [0.29, 0.717) is 11.5 Å². The van der Waals surface area contributed by atoms with Crippen LogP contribution in [0.2, 0.25) is 0 Å². The third-order valence-corrected chi connectivity index (χ3v) is 3.25. The van der Waals surface area contributed by atoms with Gasteiger partial charge in [0.05, 0.1) is 12.6 Å². The third kappa shape index (κ3) is 1.67. The Morgan fingerprint density at radius 3 is 3.00 bits per heavy atom. The summed E-state index contributed by atoms with van der Waals surface area (Å²) >= 11 is 0. The Balaban J connectivity index is 2.07. The van der Waals surface area contributed by atoms with Gasteiger partial charge in [-0.05, 0) is 25.8 Å². The van der Waals surface area contributed by atoms with Crippen molar-refractivity contribution in [1.82, 2.24) is 15.0 Å². The fraction of sp³-hybridized carbons (Fsp3) is 0.500. The molecule has 2 aromatic rings. The zero-order valence-electron chi connectivity index (χ0n) is 9.99. The fourth-order valence-corrected chi connectivity index (χ4v) is 2.21. The molecule has 2 aromatic heterocycles. The van der Waals surface area contributed by atoms with Crippen molar-refractivity contribution in [2.45, 2.75) is 25.4 Å². The van der Waals surface area contributed by atoms with Crippen LogP contribution in [0.3, 0.4) is 0 Å². The maximum atomic E-state index is 5.76. The number of hydrogen-bond donors (Lipinski definition) is 1. The molecular weight excluding hydrogens is 218 g/mol. The Morgan fingerprint density at radius 1 is 1.41 bits per heavy atom. The number of methoxy groups -OCH3 is 1. The lowest BCUT2D eigenvalue weighted by Crippen LogP contribution is -2.21. The van der Waals surface area contributed by atoms with Gasteiger partial charge in [0.25, 0.3) is 0 Å². The molecule has 1 fully saturated rings. The zero-order chi connectivity index (χ0) is 11.9. The van der Waals surface area contributed by atoms with Crippen molar-refractivity contribution in [3.05, 3.63) is 18.0 Å². The molecule has 3 rings (SSSR count). The first-order valence-electron chi connectivity index (χ1n) is 5.76. The Morgan fingerprint density at radius 2 is 2.29 bits per heavy atom. The smallest absolute Gasteiger partial charge is 0.215 e. The van der Waals surface area contributed by atoms with Crippen molar-refractivity contribution in [1.29, 1.82) is 0 Å². The van der Waals surface area contributed by atoms with Gasteiger partial charge >= 0.3 is 0 Å². The minimum atomic E-state index is -0.298. The fourth-order valence-electron chi connectivity index (χ4n) is 2.21. The van der Waals surface area contributed by atoms with Crippen LogP contribution in [0.25, 0.3) is 11.2 Å². The van der Waals surface area contributed by atoms with Gasteiger partial charge < -0.3 is 14.5 Å². The van der Waals surface area contributed by atoms with Gasteiger partial charge in [-0.15, -0.1) is 0 Å². The predicted octanol–water partition coefficient (Wildman–Crippen LogP) is 1.99. The molecule has 0 spiro atoms. The summed E-state index contributed by atoms with van der Waals surface area (Å²) in [6.07, 6.45) is 2.06. The van der Waals surface area contributed by atoms with Crippen molar-refractivity contribution in [3.8, 4) is 5.88 Å². The first-order valence-corrected chi connectivity index (χ1v) is 5.76. The van der Waals surface area contributed by atoms with Gasteiger partial charge in [-0.25, -0.2) is 4.98 Å². The van der Waals surface area contributed by atoms with Crippen LogP contribution in [0.1, 0.15) is 25.6 Å². The quantitative estimate of drug-likeness (QED) is 0.861. The van der Waals surface area contributed by atoms with Crippen LogP contribution in [0.5, 0.6) is 5.88 Å². The summed E-state index contributed by atoms with van der Waals surface area (Å²) in [5.74, 6) is 1.43. The summed E-state index contributed by atoms with van der Waals surface area (Å²) in [6, 6.07) is 3.75. The first-order chi connectivity index (χ1) is 8.21. The predicted molar refractivity (Wildman–Crippen MR) is 63.0 cm³/mol. The molecule has 0 aromatic carbocycles. The molecular formula is C12H15N3O2. The number of hydrogen-bond acceptors (Lipinski definition) is 4. The van der Waals surface area contributed by atoms with E-state index in [1.807, 2.05) is 12.1 Å². The lowest BCUT2D eigenvalue weighted by Gasteiger charge is -2.19. The first kappa shape index (κ1) is 10.5. The van der Waals surface area contributed by atoms with E-state index in [0.717, 1.165) is 30.8 Å². The topological polar surface area (TPSA) is 60.0 Å². The number of H-pyrrole nitrogens is 1. The van der Waals surface area contributed by atoms with E-state index in [-0.39, 0.29) is 5.60 Å². The average Bonchev–Trinajstić information content (AvgIpc) is 2.94. The van der Waals surface area contributed by atoms with Gasteiger partial charge in [-0.2, -0.15) is 4.98 Å². The molecule has 0 bridgehead atoms. The summed E-state index contributed by atoms with van der Waals surface area (Å²) < 4.78 is 10.8. The summed E-state index contributed by atoms with van der Waals surface area (Å²) in [7, 11) is 1.60. The molecule has 17 heavy (non-hydrogen) atoms. The Kier molecular flexibility index (Phi) is 2.29. The molecule has 1 atom stereocenters. The summed E-state index contributed by atoms with van der Waals surface area (Å²) in [4.78, 5) is 12.1. The molecule has 5 nitrogen and oxygen atoms in total. The average molecular weight is 233 g/mol. The second-order valence-corrected chi connectivity index (χ2v) is 4.49. The van der Waals surface area contributed by atoms with Crippen LogP contribution in [-0.4, -0.2) is 28.7 Å². The molecule has 0 radical (unpaired) electrons. The molecule has 5 heteroatoms. The molecule has 1 aliphatic heterocycles. The Bertz CT molecular complexity index is 544. The second-order valence-electron chi connectivity index (χ2n) is 4.49. The van der Waals surface area contributed by atoms with Gasteiger partial charge in [0.15, 0.2) is 5.65 Å². The number of aromatic amines is 1. The highest BCUT2D eigenvalue weighted by Crippen LogP contribution is 2.34. The maximum Gasteiger partial charge on any atom is 0.215 e. The van der Waals surface area contributed by atoms with Crippen molar-refractivity contribution in [3.63, 3.8) is 0 Å². The monoisotopic (exact) mass is 233 g/mol. The van der Waals surface area contributed by atoms with E-state index in [1.165, 1.54) is 0 Å². The van der Waals surface area contributed by atoms with Gasteiger partial charge in [0.2, 0.25) is 5.88 Å². The molecule has 1 unspecified atom stereocenters. The van der Waals surface area contributed by atoms with E-state index in [9.17, 15) is 0 Å². The molecule has 1 saturated heterocycles. The zero-order valence-corrected chi connectivity index (χ0v) is 9.99. The van der Waals surface area contributed by atoms with Crippen LogP contribution in [-0.2, 0) is 10.3 Å². The second kappa shape index (κ2) is 3.70. The van der Waals surface area contributed by atoms with Crippen LogP contribution in [0.4, 0.5) is 0 Å². The maximum absolute atomic E-state index is 5.76. The Labute approximate surface area is 99.2 Å². The van der Waals surface area contributed by atoms with Crippen LogP contribution >= 0.6 is 0 Å². The molecule has 0 amide bonds. The van der Waals surface area contributed by atoms with E-state index in [4.69, 9.17) is 9.47 Å². The van der Waals surface area contributed by atoms with E-state index < -0.39 is 0 Å². The number of imidazole rings is 1. The number of fused-ring (bicyclic) bond motifs is 1. The number of aromatic nitrogens is 3. The van der Waals surface area contributed by atoms with Crippen molar-refractivity contribution >= 4 is 11.2 Å². The van der Waals surface area contributed by atoms with Gasteiger partial charge in [-0.3, -0.25) is 0 Å². The van der Waals surface area contributed by atoms with E-state index in [1.54, 1.807) is 7.11 Å². The highest BCUT2D eigenvalue weighted by Gasteiger charge is 2.35. The Hall–Kier alpha value is -1.62. The number of nitrogens with zero attached hydrogens (tertiary/aromatic N) is 2. The van der Waals surface area contributed by atoms with Crippen LogP contribution in [0, 0.1) is 0 Å². The van der Waals surface area contributed by atoms with Gasteiger partial charge in [0.1, 0.15) is 11.4 Å². The number of ether oxygens (including phenoxy) is 2. The van der Waals surface area contributed by atoms with Gasteiger partial charge in [-0.1, -0.05) is 0 Å². The molecule has 0 aliphatic carbocycles. The molecule has 0 saturated carbocycles. The molecule has 3 heterocycles. The standard InChI is InChI=1S/C12H15N3O2/c1-12(6-3-7-17-12)11-13-8-4-5-9(16-2)14-10(8)15-11/h4-5H,3,6-7H2,1-2H3,(H,13,14,15). The minimum Gasteiger partial charge on any atom is -0.481 e. The highest BCUT2D eigenvalue weighted by atomic mass is 16.5. The van der Waals surface area contributed by atoms with E-state index in [2.05, 4.69) is 21.9 Å². The number of pyridine rings is 1. The summed E-state index contributed by atoms with van der Waals surface area (Å²) in [5, 5.41) is 0. The molecule has 1 N–H and O–H groups in total. The lowest BCUT2D eigenvalue weighted by molar-refractivity contribution is 0.0103. The van der Waals surface area contributed by atoms with Crippen LogP contribution in [0.15, 0.2) is 12.1 Å². The molecule has 1 aliphatic rings. The van der Waals surface area contributed by atoms with Crippen molar-refractivity contribution in [2.75, 3.05) is 13.7 Å². The highest BCUT2D eigenvalue weighted by molar-refractivity contribution is 5.71. The number of nitrogens with one attached hydrogen (secondary N) is 1. The largest absolute Gasteiger partial charge is 0.481 e. The van der Waals surface area contributed by atoms with Crippen LogP contribution < -0.4 is 4.74 Å². The third-order valence-electron chi connectivity index (χ3n) is 3.25. The minimum absolute atomic E-state index is 0.298. The number of rotatable bonds is 2.